The molecule has 2 amide bonds. The molecule has 144 valence electrons. The van der Waals surface area contributed by atoms with Crippen molar-refractivity contribution in [3.8, 4) is 5.75 Å². The van der Waals surface area contributed by atoms with Gasteiger partial charge in [-0.15, -0.1) is 0 Å². The highest BCUT2D eigenvalue weighted by Gasteiger charge is 2.10. The van der Waals surface area contributed by atoms with Gasteiger partial charge in [0.1, 0.15) is 12.4 Å². The topological polar surface area (TPSA) is 76.7 Å². The minimum atomic E-state index is -0.394. The van der Waals surface area contributed by atoms with E-state index in [1.807, 2.05) is 42.5 Å². The van der Waals surface area contributed by atoms with Crippen LogP contribution in [0.15, 0.2) is 66.7 Å². The number of fused-ring (bicyclic) bond motifs is 1. The van der Waals surface area contributed by atoms with Gasteiger partial charge in [0.15, 0.2) is 0 Å². The van der Waals surface area contributed by atoms with Gasteiger partial charge in [-0.1, -0.05) is 42.5 Å². The van der Waals surface area contributed by atoms with Crippen molar-refractivity contribution < 1.29 is 19.1 Å². The highest BCUT2D eigenvalue weighted by molar-refractivity contribution is 5.96. The van der Waals surface area contributed by atoms with Crippen molar-refractivity contribution >= 4 is 22.6 Å². The van der Waals surface area contributed by atoms with E-state index in [1.54, 1.807) is 31.4 Å². The molecule has 0 aromatic heterocycles. The Hall–Kier alpha value is -3.38. The standard InChI is InChI=1S/C22H22N2O4/c1-27-13-14-28-19-11-9-17(10-12-19)22(26)24-23-21(25)15-18-7-4-6-16-5-2-3-8-20(16)18/h2-12H,13-15H2,1H3,(H,23,25)(H,24,26). The zero-order valence-corrected chi connectivity index (χ0v) is 15.6. The number of rotatable bonds is 7. The Morgan fingerprint density at radius 2 is 1.61 bits per heavy atom. The minimum Gasteiger partial charge on any atom is -0.491 e. The average Bonchev–Trinajstić information content (AvgIpc) is 2.73. The van der Waals surface area contributed by atoms with Gasteiger partial charge in [0, 0.05) is 12.7 Å². The van der Waals surface area contributed by atoms with Gasteiger partial charge in [0.25, 0.3) is 5.91 Å². The molecule has 3 rings (SSSR count). The van der Waals surface area contributed by atoms with Gasteiger partial charge in [-0.3, -0.25) is 20.4 Å². The molecule has 0 aliphatic carbocycles. The van der Waals surface area contributed by atoms with E-state index in [-0.39, 0.29) is 12.3 Å². The van der Waals surface area contributed by atoms with Gasteiger partial charge in [0.05, 0.1) is 13.0 Å². The van der Waals surface area contributed by atoms with Crippen molar-refractivity contribution in [3.63, 3.8) is 0 Å². The highest BCUT2D eigenvalue weighted by Crippen LogP contribution is 2.18. The summed E-state index contributed by atoms with van der Waals surface area (Å²) in [6, 6.07) is 20.4. The number of carbonyl (C=O) groups is 2. The van der Waals surface area contributed by atoms with Crippen LogP contribution in [0.2, 0.25) is 0 Å². The van der Waals surface area contributed by atoms with Crippen LogP contribution in [0.5, 0.6) is 5.75 Å². The monoisotopic (exact) mass is 378 g/mol. The van der Waals surface area contributed by atoms with Crippen LogP contribution < -0.4 is 15.6 Å². The quantitative estimate of drug-likeness (QED) is 0.490. The molecule has 0 atom stereocenters. The summed E-state index contributed by atoms with van der Waals surface area (Å²) in [7, 11) is 1.60. The van der Waals surface area contributed by atoms with E-state index in [2.05, 4.69) is 10.9 Å². The molecule has 0 radical (unpaired) electrons. The van der Waals surface area contributed by atoms with Crippen molar-refractivity contribution in [1.82, 2.24) is 10.9 Å². The van der Waals surface area contributed by atoms with E-state index in [4.69, 9.17) is 9.47 Å². The summed E-state index contributed by atoms with van der Waals surface area (Å²) in [6.07, 6.45) is 0.175. The molecule has 3 aromatic carbocycles. The minimum absolute atomic E-state index is 0.175. The fraction of sp³-hybridized carbons (Fsp3) is 0.182. The second-order valence-electron chi connectivity index (χ2n) is 6.18. The highest BCUT2D eigenvalue weighted by atomic mass is 16.5. The van der Waals surface area contributed by atoms with Crippen molar-refractivity contribution in [2.24, 2.45) is 0 Å². The van der Waals surface area contributed by atoms with Gasteiger partial charge in [-0.2, -0.15) is 0 Å². The number of hydrazine groups is 1. The van der Waals surface area contributed by atoms with E-state index in [9.17, 15) is 9.59 Å². The molecule has 28 heavy (non-hydrogen) atoms. The van der Waals surface area contributed by atoms with Crippen LogP contribution in [0.1, 0.15) is 15.9 Å². The van der Waals surface area contributed by atoms with Crippen molar-refractivity contribution in [2.75, 3.05) is 20.3 Å². The van der Waals surface area contributed by atoms with E-state index in [1.165, 1.54) is 0 Å². The molecule has 6 heteroatoms. The molecule has 0 saturated heterocycles. The number of hydrogen-bond acceptors (Lipinski definition) is 4. The summed E-state index contributed by atoms with van der Waals surface area (Å²) in [5.74, 6) is -0.0347. The summed E-state index contributed by atoms with van der Waals surface area (Å²) in [5, 5.41) is 2.10. The molecule has 0 bridgehead atoms. The molecule has 6 nitrogen and oxygen atoms in total. The Morgan fingerprint density at radius 1 is 0.857 bits per heavy atom. The van der Waals surface area contributed by atoms with Crippen LogP contribution in [0, 0.1) is 0 Å². The maximum atomic E-state index is 12.2. The van der Waals surface area contributed by atoms with Crippen molar-refractivity contribution in [1.29, 1.82) is 0 Å². The number of benzene rings is 3. The Morgan fingerprint density at radius 3 is 2.39 bits per heavy atom. The molecule has 0 aliphatic heterocycles. The Labute approximate surface area is 163 Å². The van der Waals surface area contributed by atoms with Crippen LogP contribution in [-0.4, -0.2) is 32.1 Å². The van der Waals surface area contributed by atoms with Crippen LogP contribution >= 0.6 is 0 Å². The van der Waals surface area contributed by atoms with Crippen LogP contribution in [0.3, 0.4) is 0 Å². The fourth-order valence-electron chi connectivity index (χ4n) is 2.81. The summed E-state index contributed by atoms with van der Waals surface area (Å²) >= 11 is 0. The van der Waals surface area contributed by atoms with Gasteiger partial charge in [0.2, 0.25) is 5.91 Å². The van der Waals surface area contributed by atoms with Gasteiger partial charge in [-0.05, 0) is 40.6 Å². The van der Waals surface area contributed by atoms with Gasteiger partial charge in [-0.25, -0.2) is 0 Å². The third kappa shape index (κ3) is 5.08. The Bertz CT molecular complexity index is 949. The first-order valence-electron chi connectivity index (χ1n) is 8.95. The molecule has 0 unspecified atom stereocenters. The number of amides is 2. The third-order valence-electron chi connectivity index (χ3n) is 4.22. The lowest BCUT2D eigenvalue weighted by Crippen LogP contribution is -2.42. The second kappa shape index (κ2) is 9.53. The smallest absolute Gasteiger partial charge is 0.269 e. The lowest BCUT2D eigenvalue weighted by Gasteiger charge is -2.10. The molecule has 3 aromatic rings. The van der Waals surface area contributed by atoms with E-state index in [0.717, 1.165) is 16.3 Å². The lowest BCUT2D eigenvalue weighted by molar-refractivity contribution is -0.121. The zero-order valence-electron chi connectivity index (χ0n) is 15.6. The van der Waals surface area contributed by atoms with Gasteiger partial charge >= 0.3 is 0 Å². The van der Waals surface area contributed by atoms with E-state index >= 15 is 0 Å². The predicted molar refractivity (Wildman–Crippen MR) is 107 cm³/mol. The largest absolute Gasteiger partial charge is 0.491 e. The van der Waals surface area contributed by atoms with Gasteiger partial charge < -0.3 is 9.47 Å². The summed E-state index contributed by atoms with van der Waals surface area (Å²) < 4.78 is 10.4. The summed E-state index contributed by atoms with van der Waals surface area (Å²) in [5.41, 5.74) is 6.23. The average molecular weight is 378 g/mol. The molecule has 0 heterocycles. The first-order valence-corrected chi connectivity index (χ1v) is 8.95. The molecule has 2 N–H and O–H groups in total. The molecular weight excluding hydrogens is 356 g/mol. The number of ether oxygens (including phenoxy) is 2. The van der Waals surface area contributed by atoms with Crippen LogP contribution in [0.25, 0.3) is 10.8 Å². The van der Waals surface area contributed by atoms with Crippen LogP contribution in [0.4, 0.5) is 0 Å². The third-order valence-corrected chi connectivity index (χ3v) is 4.22. The SMILES string of the molecule is COCCOc1ccc(C(=O)NNC(=O)Cc2cccc3ccccc23)cc1. The number of methoxy groups -OCH3 is 1. The van der Waals surface area contributed by atoms with E-state index in [0.29, 0.717) is 24.5 Å². The van der Waals surface area contributed by atoms with Crippen molar-refractivity contribution in [2.45, 2.75) is 6.42 Å². The molecule has 0 aliphatic rings. The maximum Gasteiger partial charge on any atom is 0.269 e. The molecule has 0 spiro atoms. The Kier molecular flexibility index (Phi) is 6.59. The van der Waals surface area contributed by atoms with Crippen molar-refractivity contribution in [3.05, 3.63) is 77.9 Å². The number of hydrogen-bond donors (Lipinski definition) is 2. The maximum absolute atomic E-state index is 12.2. The zero-order chi connectivity index (χ0) is 19.8. The first-order chi connectivity index (χ1) is 13.7. The molecule has 0 saturated carbocycles. The summed E-state index contributed by atoms with van der Waals surface area (Å²) in [4.78, 5) is 24.4. The second-order valence-corrected chi connectivity index (χ2v) is 6.18. The molecule has 0 fully saturated rings. The van der Waals surface area contributed by atoms with E-state index < -0.39 is 5.91 Å². The number of nitrogens with one attached hydrogen (secondary N) is 2. The fourth-order valence-corrected chi connectivity index (χ4v) is 2.81. The normalized spacial score (nSPS) is 10.5. The molecular formula is C22H22N2O4. The number of carbonyl (C=O) groups excluding carboxylic acids is 2. The summed E-state index contributed by atoms with van der Waals surface area (Å²) in [6.45, 7) is 0.928. The first kappa shape index (κ1) is 19.4. The van der Waals surface area contributed by atoms with Crippen LogP contribution in [-0.2, 0) is 16.0 Å². The lowest BCUT2D eigenvalue weighted by atomic mass is 10.0. The Balaban J connectivity index is 1.53. The predicted octanol–water partition coefficient (Wildman–Crippen LogP) is 2.87.